The molecule has 40 heavy (non-hydrogen) atoms. The Morgan fingerprint density at radius 1 is 1.20 bits per heavy atom. The Morgan fingerprint density at radius 3 is 2.30 bits per heavy atom. The average molecular weight is 606 g/mol. The first kappa shape index (κ1) is 31.0. The average Bonchev–Trinajstić information content (AvgIpc) is 3.29. The van der Waals surface area contributed by atoms with Crippen LogP contribution in [0.1, 0.15) is 24.8 Å². The Morgan fingerprint density at radius 2 is 1.80 bits per heavy atom. The number of carbonyl (C=O) groups is 1. The number of rotatable bonds is 11. The van der Waals surface area contributed by atoms with E-state index in [9.17, 15) is 43.3 Å². The zero-order valence-electron chi connectivity index (χ0n) is 21.3. The van der Waals surface area contributed by atoms with Crippen LogP contribution in [0.2, 0.25) is 0 Å². The summed E-state index contributed by atoms with van der Waals surface area (Å²) in [6.07, 6.45) is 1.27. The molecule has 16 nitrogen and oxygen atoms in total. The van der Waals surface area contributed by atoms with Crippen molar-refractivity contribution in [3.05, 3.63) is 60.5 Å². The van der Waals surface area contributed by atoms with Crippen molar-refractivity contribution < 1.29 is 38.2 Å². The van der Waals surface area contributed by atoms with Crippen LogP contribution < -0.4 is 11.3 Å². The van der Waals surface area contributed by atoms with Crippen molar-refractivity contribution >= 4 is 39.2 Å². The lowest BCUT2D eigenvalue weighted by Gasteiger charge is -2.52. The van der Waals surface area contributed by atoms with Gasteiger partial charge in [-0.3, -0.25) is 9.59 Å². The van der Waals surface area contributed by atoms with Gasteiger partial charge < -0.3 is 25.1 Å². The minimum Gasteiger partial charge on any atom is -0.481 e. The third kappa shape index (κ3) is 5.67. The molecule has 2 heterocycles. The summed E-state index contributed by atoms with van der Waals surface area (Å²) in [7, 11) is -3.96. The third-order valence-corrected chi connectivity index (χ3v) is 9.28. The zero-order valence-corrected chi connectivity index (χ0v) is 22.9. The van der Waals surface area contributed by atoms with Gasteiger partial charge in [-0.25, -0.2) is 8.42 Å². The summed E-state index contributed by atoms with van der Waals surface area (Å²) >= 11 is 0. The monoisotopic (exact) mass is 605 g/mol. The number of halogens is 1. The van der Waals surface area contributed by atoms with Gasteiger partial charge in [0, 0.05) is 48.1 Å². The van der Waals surface area contributed by atoms with E-state index in [1.165, 1.54) is 28.7 Å². The standard InChI is InChI=1S/C22H27N5O11S.ClH/c1-14-7-24(11-22(20(29)30)9-21(10-22,12-37-26(31)32)13-38-27(33)34)19(28)16-3-2-4-17(18(14)16)39(35,36)25-6-5-15(23)8-25;/h2-4,7,15H,5-6,8-13,23H2,1H3,(H,29,30);1H/t15-;/m0./s1. The van der Waals surface area contributed by atoms with E-state index in [4.69, 9.17) is 5.73 Å². The largest absolute Gasteiger partial charge is 0.481 e. The quantitative estimate of drug-likeness (QED) is 0.267. The molecular weight excluding hydrogens is 578 g/mol. The number of hydrogen-bond acceptors (Lipinski definition) is 11. The van der Waals surface area contributed by atoms with Crippen molar-refractivity contribution in [2.75, 3.05) is 26.3 Å². The van der Waals surface area contributed by atoms with E-state index in [0.717, 1.165) is 4.57 Å². The van der Waals surface area contributed by atoms with Gasteiger partial charge in [0.2, 0.25) is 10.0 Å². The Bertz CT molecular complexity index is 1490. The lowest BCUT2D eigenvalue weighted by atomic mass is 9.53. The molecule has 3 N–H and O–H groups in total. The number of aliphatic carboxylic acids is 1. The van der Waals surface area contributed by atoms with Gasteiger partial charge in [0.25, 0.3) is 15.7 Å². The highest BCUT2D eigenvalue weighted by Crippen LogP contribution is 2.56. The number of pyridine rings is 1. The van der Waals surface area contributed by atoms with Crippen LogP contribution in [0.3, 0.4) is 0 Å². The van der Waals surface area contributed by atoms with Gasteiger partial charge in [0.15, 0.2) is 0 Å². The maximum atomic E-state index is 13.5. The van der Waals surface area contributed by atoms with Crippen molar-refractivity contribution in [3.8, 4) is 0 Å². The summed E-state index contributed by atoms with van der Waals surface area (Å²) in [6.45, 7) is 0.374. The van der Waals surface area contributed by atoms with Crippen molar-refractivity contribution in [3.63, 3.8) is 0 Å². The molecule has 18 heteroatoms. The second-order valence-electron chi connectivity index (χ2n) is 10.3. The second kappa shape index (κ2) is 11.1. The fourth-order valence-electron chi connectivity index (χ4n) is 5.74. The Balaban J connectivity index is 0.00000441. The van der Waals surface area contributed by atoms with Crippen LogP contribution >= 0.6 is 12.4 Å². The van der Waals surface area contributed by atoms with Gasteiger partial charge >= 0.3 is 5.97 Å². The number of aromatic nitrogens is 1. The van der Waals surface area contributed by atoms with Crippen LogP contribution in [-0.2, 0) is 31.0 Å². The molecule has 0 amide bonds. The van der Waals surface area contributed by atoms with Crippen molar-refractivity contribution in [2.45, 2.75) is 43.7 Å². The van der Waals surface area contributed by atoms with Crippen molar-refractivity contribution in [2.24, 2.45) is 16.6 Å². The van der Waals surface area contributed by atoms with E-state index in [1.807, 2.05) is 0 Å². The first-order valence-corrected chi connectivity index (χ1v) is 13.3. The van der Waals surface area contributed by atoms with Gasteiger partial charge in [-0.2, -0.15) is 4.31 Å². The number of sulfonamides is 1. The molecule has 0 bridgehead atoms. The fraction of sp³-hybridized carbons (Fsp3) is 0.545. The molecule has 1 aliphatic heterocycles. The predicted octanol–water partition coefficient (Wildman–Crippen LogP) is 0.721. The molecule has 2 fully saturated rings. The number of benzene rings is 1. The van der Waals surface area contributed by atoms with E-state index in [1.54, 1.807) is 6.92 Å². The Labute approximate surface area is 233 Å². The van der Waals surface area contributed by atoms with Crippen LogP contribution in [0.15, 0.2) is 34.1 Å². The minimum absolute atomic E-state index is 0. The van der Waals surface area contributed by atoms with E-state index in [2.05, 4.69) is 9.68 Å². The molecule has 0 radical (unpaired) electrons. The van der Waals surface area contributed by atoms with Gasteiger partial charge in [0.1, 0.15) is 13.2 Å². The Kier molecular flexibility index (Phi) is 8.64. The normalized spacial score (nSPS) is 19.8. The number of nitrogens with zero attached hydrogens (tertiary/aromatic N) is 4. The third-order valence-electron chi connectivity index (χ3n) is 7.37. The maximum absolute atomic E-state index is 13.5. The van der Waals surface area contributed by atoms with Gasteiger partial charge in [-0.1, -0.05) is 6.07 Å². The number of carboxylic acid groups (broad SMARTS) is 1. The molecule has 1 saturated heterocycles. The number of hydrogen-bond donors (Lipinski definition) is 2. The highest BCUT2D eigenvalue weighted by atomic mass is 35.5. The molecule has 1 aliphatic carbocycles. The predicted molar refractivity (Wildman–Crippen MR) is 139 cm³/mol. The van der Waals surface area contributed by atoms with Gasteiger partial charge in [-0.15, -0.1) is 32.6 Å². The summed E-state index contributed by atoms with van der Waals surface area (Å²) in [5.41, 5.74) is 2.71. The smallest absolute Gasteiger partial charge is 0.311 e. The highest BCUT2D eigenvalue weighted by molar-refractivity contribution is 7.89. The molecule has 2 aromatic rings. The molecule has 1 atom stereocenters. The van der Waals surface area contributed by atoms with Crippen molar-refractivity contribution in [1.82, 2.24) is 8.87 Å². The molecule has 4 rings (SSSR count). The second-order valence-corrected chi connectivity index (χ2v) is 12.2. The molecule has 0 unspecified atom stereocenters. The topological polar surface area (TPSA) is 227 Å². The molecule has 220 valence electrons. The lowest BCUT2D eigenvalue weighted by Crippen LogP contribution is -2.58. The first-order chi connectivity index (χ1) is 18.2. The SMILES string of the molecule is Cc1cn(CC2(C(=O)O)CC(CO[N+](=O)[O-])(CO[N+](=O)[O-])C2)c(=O)c2cccc(S(=O)(=O)N3CC[C@H](N)C3)c12.Cl. The Hall–Kier alpha value is -3.54. The number of nitrogens with two attached hydrogens (primary N) is 1. The van der Waals surface area contributed by atoms with E-state index in [-0.39, 0.29) is 66.6 Å². The van der Waals surface area contributed by atoms with Crippen LogP contribution in [0.4, 0.5) is 0 Å². The highest BCUT2D eigenvalue weighted by Gasteiger charge is 2.60. The van der Waals surface area contributed by atoms with E-state index < -0.39 is 55.8 Å². The van der Waals surface area contributed by atoms with Crippen LogP contribution in [0.25, 0.3) is 10.8 Å². The molecule has 1 aromatic carbocycles. The summed E-state index contributed by atoms with van der Waals surface area (Å²) < 4.78 is 29.2. The summed E-state index contributed by atoms with van der Waals surface area (Å²) in [5, 5.41) is 29.6. The summed E-state index contributed by atoms with van der Waals surface area (Å²) in [6, 6.07) is 4.00. The van der Waals surface area contributed by atoms with E-state index in [0.29, 0.717) is 12.0 Å². The lowest BCUT2D eigenvalue weighted by molar-refractivity contribution is -0.773. The molecule has 0 spiro atoms. The zero-order chi connectivity index (χ0) is 28.8. The van der Waals surface area contributed by atoms with Crippen LogP contribution in [0.5, 0.6) is 0 Å². The summed E-state index contributed by atoms with van der Waals surface area (Å²) in [5.74, 6) is -1.31. The molecular formula is C22H28ClN5O11S. The van der Waals surface area contributed by atoms with E-state index >= 15 is 0 Å². The minimum atomic E-state index is -3.96. The van der Waals surface area contributed by atoms with Gasteiger partial charge in [0.05, 0.1) is 10.3 Å². The number of carboxylic acids is 1. The fourth-order valence-corrected chi connectivity index (χ4v) is 7.53. The van der Waals surface area contributed by atoms with Crippen LogP contribution in [0, 0.1) is 38.0 Å². The molecule has 1 aromatic heterocycles. The first-order valence-electron chi connectivity index (χ1n) is 11.9. The number of aryl methyl sites for hydroxylation is 1. The molecule has 2 aliphatic rings. The molecule has 1 saturated carbocycles. The maximum Gasteiger partial charge on any atom is 0.311 e. The van der Waals surface area contributed by atoms with Crippen LogP contribution in [-0.4, -0.2) is 70.9 Å². The summed E-state index contributed by atoms with van der Waals surface area (Å²) in [4.78, 5) is 56.0. The number of fused-ring (bicyclic) bond motifs is 1. The van der Waals surface area contributed by atoms with Crippen molar-refractivity contribution in [1.29, 1.82) is 0 Å². The van der Waals surface area contributed by atoms with Gasteiger partial charge in [-0.05, 0) is 43.9 Å².